The zero-order valence-corrected chi connectivity index (χ0v) is 84.8. The summed E-state index contributed by atoms with van der Waals surface area (Å²) in [5.41, 5.74) is 4.80. The zero-order valence-electron chi connectivity index (χ0n) is 83.1. The van der Waals surface area contributed by atoms with Crippen molar-refractivity contribution in [3.05, 3.63) is 5.82 Å². The monoisotopic (exact) mass is 1870 g/mol. The summed E-state index contributed by atoms with van der Waals surface area (Å²) in [5, 5.41) is 51.0. The highest BCUT2D eigenvalue weighted by Gasteiger charge is 2.40. The molecule has 1 aromatic rings. The molecule has 124 heavy (non-hydrogen) atoms. The Bertz CT molecular complexity index is 2850. The molecule has 1 aromatic heterocycles. The predicted molar refractivity (Wildman–Crippen MR) is 480 cm³/mol. The van der Waals surface area contributed by atoms with Gasteiger partial charge in [-0.25, -0.2) is 26.3 Å². The number of carbonyl (C=O) groups is 8. The van der Waals surface area contributed by atoms with Gasteiger partial charge in [-0.05, 0) is 137 Å². The van der Waals surface area contributed by atoms with Crippen LogP contribution in [0.5, 0.6) is 0 Å². The third-order valence-electron chi connectivity index (χ3n) is 13.2. The van der Waals surface area contributed by atoms with Crippen LogP contribution in [0.2, 0.25) is 0 Å². The first-order valence-corrected chi connectivity index (χ1v) is 45.9. The van der Waals surface area contributed by atoms with E-state index in [2.05, 4.69) is 115 Å². The van der Waals surface area contributed by atoms with E-state index in [9.17, 15) is 94.7 Å². The number of sulfonamides is 2. The second-order valence-corrected chi connectivity index (χ2v) is 37.3. The fourth-order valence-corrected chi connectivity index (χ4v) is 7.45. The normalized spacial score (nSPS) is 11.7. The first-order valence-electron chi connectivity index (χ1n) is 42.4. The third kappa shape index (κ3) is 160. The predicted octanol–water partition coefficient (Wildman–Crippen LogP) is 18.3. The van der Waals surface area contributed by atoms with Crippen LogP contribution >= 0.6 is 0 Å². The first-order chi connectivity index (χ1) is 55.7. The number of hydrogen-bond donors (Lipinski definition) is 10. The number of carbonyl (C=O) groups excluding carboxylic acids is 5. The van der Waals surface area contributed by atoms with Crippen LogP contribution in [0.4, 0.5) is 39.5 Å². The number of halogens is 9. The maximum atomic E-state index is 11.4. The van der Waals surface area contributed by atoms with Crippen LogP contribution in [0.3, 0.4) is 0 Å². The number of aliphatic hydroxyl groups is 1. The van der Waals surface area contributed by atoms with Crippen molar-refractivity contribution in [2.75, 3.05) is 52.8 Å². The number of nitrogens with one attached hydrogen (secondary N) is 5. The number of rotatable bonds is 29. The van der Waals surface area contributed by atoms with E-state index in [1.807, 2.05) is 88.0 Å². The van der Waals surface area contributed by atoms with Gasteiger partial charge in [0.1, 0.15) is 0 Å². The third-order valence-corrected chi connectivity index (χ3v) is 15.9. The van der Waals surface area contributed by atoms with Crippen molar-refractivity contribution in [1.29, 1.82) is 0 Å². The Morgan fingerprint density at radius 3 is 1.05 bits per heavy atom. The lowest BCUT2D eigenvalue weighted by Crippen LogP contribution is -2.33. The Balaban J connectivity index is -0.0000000870. The number of carboxylic acid groups (broad SMARTS) is 3. The molecule has 752 valence electrons. The molecule has 1 atom stereocenters. The number of likely N-dealkylation sites (tertiary alicyclic amines) is 1. The molecule has 2 amide bonds. The molecule has 0 spiro atoms. The maximum absolute atomic E-state index is 11.4. The lowest BCUT2D eigenvalue weighted by Gasteiger charge is -2.19. The summed E-state index contributed by atoms with van der Waals surface area (Å²) in [7, 11) is -4.55. The Hall–Kier alpha value is -6.10. The number of aromatic nitrogens is 4. The van der Waals surface area contributed by atoms with Crippen molar-refractivity contribution < 1.29 is 129 Å². The van der Waals surface area contributed by atoms with Gasteiger partial charge in [-0.3, -0.25) is 38.4 Å². The molecule has 11 N–H and O–H groups in total. The molecule has 2 heterocycles. The first kappa shape index (κ1) is 149. The van der Waals surface area contributed by atoms with E-state index in [-0.39, 0.29) is 77.2 Å². The lowest BCUT2D eigenvalue weighted by molar-refractivity contribution is -0.215. The Kier molecular flexibility index (Phi) is 109. The Morgan fingerprint density at radius 2 is 0.935 bits per heavy atom. The minimum absolute atomic E-state index is 0.00463. The summed E-state index contributed by atoms with van der Waals surface area (Å²) >= 11 is 0. The van der Waals surface area contributed by atoms with Crippen molar-refractivity contribution in [3.63, 3.8) is 0 Å². The number of nitrogens with zero attached hydrogens (tertiary/aromatic N) is 4. The van der Waals surface area contributed by atoms with Crippen LogP contribution in [0.25, 0.3) is 0 Å². The molecule has 29 nitrogen and oxygen atoms in total. The van der Waals surface area contributed by atoms with Crippen LogP contribution < -0.4 is 25.8 Å². The minimum Gasteiger partial charge on any atom is -0.481 e. The van der Waals surface area contributed by atoms with Crippen LogP contribution in [-0.4, -0.2) is 217 Å². The smallest absolute Gasteiger partial charge is 0.414 e. The second-order valence-electron chi connectivity index (χ2n) is 33.1. The van der Waals surface area contributed by atoms with E-state index in [0.717, 1.165) is 56.8 Å². The van der Waals surface area contributed by atoms with Gasteiger partial charge >= 0.3 is 54.3 Å². The van der Waals surface area contributed by atoms with E-state index in [1.54, 1.807) is 90.0 Å². The summed E-state index contributed by atoms with van der Waals surface area (Å²) < 4.78 is 163. The molecule has 1 aliphatic rings. The number of primary amides is 1. The number of ether oxygens (including phenoxy) is 3. The van der Waals surface area contributed by atoms with Crippen molar-refractivity contribution in [1.82, 2.24) is 45.6 Å². The summed E-state index contributed by atoms with van der Waals surface area (Å²) in [4.78, 5) is 84.1. The quantitative estimate of drug-likeness (QED) is 0.0202. The van der Waals surface area contributed by atoms with Crippen molar-refractivity contribution >= 4 is 67.7 Å². The molecule has 0 saturated carbocycles. The molecule has 2 rings (SSSR count). The van der Waals surface area contributed by atoms with Gasteiger partial charge < -0.3 is 55.9 Å². The fourth-order valence-electron chi connectivity index (χ4n) is 6.13. The number of H-pyrrole nitrogens is 1. The van der Waals surface area contributed by atoms with Crippen molar-refractivity contribution in [3.8, 4) is 0 Å². The molecule has 1 unspecified atom stereocenters. The van der Waals surface area contributed by atoms with Gasteiger partial charge in [0, 0.05) is 81.1 Å². The number of esters is 3. The minimum atomic E-state index is -4.46. The van der Waals surface area contributed by atoms with E-state index in [4.69, 9.17) is 35.6 Å². The molecule has 0 radical (unpaired) electrons. The molecule has 40 heteroatoms. The fraction of sp³-hybridized carbons (Fsp3) is 0.893. The lowest BCUT2D eigenvalue weighted by atomic mass is 10.1. The number of nitrogens with two attached hydrogens (primary N) is 1. The Morgan fingerprint density at radius 1 is 0.540 bits per heavy atom. The highest BCUT2D eigenvalue weighted by molar-refractivity contribution is 7.90. The van der Waals surface area contributed by atoms with Gasteiger partial charge in [0.05, 0.1) is 49.7 Å². The molecule has 1 aliphatic heterocycles. The van der Waals surface area contributed by atoms with Gasteiger partial charge in [-0.2, -0.15) is 44.7 Å². The summed E-state index contributed by atoms with van der Waals surface area (Å²) in [6.45, 7) is 71.6. The largest absolute Gasteiger partial charge is 0.481 e. The summed E-state index contributed by atoms with van der Waals surface area (Å²) in [6.07, 6.45) is -7.72. The number of tetrazole rings is 1. The SMILES string of the molecule is CC(C)C(=O)O.CC(C)C(N)=O.CC(C)C(O)C(F)(F)F.CC(C)CC(=O)O.CC(C)CC(F)(F)F.CC(C)CCC(=O)O.CC(C)N1CCCC1=O.CC(C)NCC(F)(F)F.CC(C)NS(C)(=O)=O.CC(C)c1nn[nH]n1.CCC(C)C.CCNC(C)C.CCOC(=O)C(C)C.CCOC(=O)CC(C)C.CCOC(=O)CCC(C)C.CNS(=O)(=O)C(C)C. The number of carboxylic acids is 3. The van der Waals surface area contributed by atoms with Crippen molar-refractivity contribution in [2.24, 2.45) is 64.9 Å². The topological polar surface area (TPSA) is 445 Å². The number of amides is 2. The molecule has 1 saturated heterocycles. The van der Waals surface area contributed by atoms with Gasteiger partial charge in [0.25, 0.3) is 0 Å². The molecule has 1 fully saturated rings. The summed E-state index contributed by atoms with van der Waals surface area (Å²) in [5.74, 6) is 0.177. The highest BCUT2D eigenvalue weighted by atomic mass is 32.2. The molecule has 0 bridgehead atoms. The summed E-state index contributed by atoms with van der Waals surface area (Å²) in [6, 6.07) is 0.951. The number of aliphatic hydroxyl groups excluding tert-OH is 1. The zero-order chi connectivity index (χ0) is 102. The van der Waals surface area contributed by atoms with Crippen molar-refractivity contribution in [2.45, 2.75) is 380 Å². The number of aromatic amines is 1. The molecular weight excluding hydrogens is 1690 g/mol. The van der Waals surface area contributed by atoms with Gasteiger partial charge in [0.2, 0.25) is 31.9 Å². The number of hydrogen-bond acceptors (Lipinski definition) is 21. The van der Waals surface area contributed by atoms with E-state index >= 15 is 0 Å². The van der Waals surface area contributed by atoms with Crippen LogP contribution in [0.15, 0.2) is 0 Å². The number of aliphatic carboxylic acids is 3. The van der Waals surface area contributed by atoms with E-state index < -0.39 is 81.5 Å². The van der Waals surface area contributed by atoms with E-state index in [1.165, 1.54) is 27.3 Å². The molecular formula is C84H177F9N10O19S2. The van der Waals surface area contributed by atoms with E-state index in [0.29, 0.717) is 80.7 Å². The second kappa shape index (κ2) is 90.3. The van der Waals surface area contributed by atoms with Gasteiger partial charge in [-0.1, -0.05) is 205 Å². The van der Waals surface area contributed by atoms with Crippen LogP contribution in [0, 0.1) is 59.2 Å². The molecule has 0 aliphatic carbocycles. The van der Waals surface area contributed by atoms with Gasteiger partial charge in [-0.15, -0.1) is 10.2 Å². The van der Waals surface area contributed by atoms with Crippen LogP contribution in [0.1, 0.15) is 332 Å². The van der Waals surface area contributed by atoms with Crippen LogP contribution in [-0.2, 0) is 72.6 Å². The average Bonchev–Trinajstić information content (AvgIpc) is 1.79. The maximum Gasteiger partial charge on any atom is 0.414 e. The standard InChI is InChI=1S/C8H16O2.C7H13NO.C7H14O2.2C6H12O2.C5H10F3N.C5H9F3O.C5H9F3.C5H13N.C5H10O2.C5H12.C4H8N4.2C4H11NO2S.C4H9NO.C4H8O2/c1-4-10-8(9)6-5-7(2)3;1-6(2)8-5-3-4-7(8)9;1-4-9-7(8)5-6(2)3;1-5(2)3-4-6(7)8;1-4-8-6(7)5(2)3;1-4(2)9-3-5(6,7)8;1-3(2)4(9)5(6,7)8;1-4(2)3-5(6,7)8;1-4-6-5(2)3;1-4(2)3-5(6)7;1-4-5(2)3;1-3(2)4-5-7-8-6-4;1-4(2)5-8(3,6)7;1-4(2)8(6,7)5-3;2*1-3(2)4(5)6/h7H,4-6H2,1-3H3;6H,3-5H2,1-2H3;6H,4-5H2,1-3H3;5H,3-4H2,1-2H3,(H,7,8);5H,4H2,1-3H3;4,9H,3H2,1-2H3;3-4,9H,1-2H3;4H,3H2,1-2H3;5-6H,4H2,1-3H3;4H,3H2,1-2H3,(H,6,7);5H,4H2,1-3H3;3H,1-2H3,(H,5,6,7,8);2*4-5H,1-3H3;3H,1-2H3,(H2,5,6);3H,1-2H3,(H,5,6). The molecule has 0 aromatic carbocycles. The highest BCUT2D eigenvalue weighted by Crippen LogP contribution is 2.25. The van der Waals surface area contributed by atoms with Gasteiger partial charge in [0.15, 0.2) is 11.9 Å². The average molecular weight is 1870 g/mol. The number of alkyl halides is 9. The Labute approximate surface area is 743 Å².